The van der Waals surface area contributed by atoms with E-state index in [2.05, 4.69) is 26.6 Å². The second kappa shape index (κ2) is 6.50. The first-order valence-electron chi connectivity index (χ1n) is 5.08. The van der Waals surface area contributed by atoms with Crippen LogP contribution in [0.25, 0.3) is 0 Å². The zero-order chi connectivity index (χ0) is 12.0. The molecule has 0 aliphatic carbocycles. The van der Waals surface area contributed by atoms with Crippen LogP contribution in [0.15, 0.2) is 22.7 Å². The molecule has 0 aromatic heterocycles. The fourth-order valence-electron chi connectivity index (χ4n) is 1.27. The molecule has 1 rings (SSSR count). The number of hydrogen-bond acceptors (Lipinski definition) is 3. The van der Waals surface area contributed by atoms with Gasteiger partial charge in [0.05, 0.1) is 6.54 Å². The summed E-state index contributed by atoms with van der Waals surface area (Å²) in [6.07, 6.45) is 0. The van der Waals surface area contributed by atoms with Gasteiger partial charge in [-0.1, -0.05) is 15.9 Å². The van der Waals surface area contributed by atoms with Crippen molar-refractivity contribution in [3.63, 3.8) is 0 Å². The van der Waals surface area contributed by atoms with Crippen molar-refractivity contribution in [3.05, 3.63) is 28.2 Å². The smallest absolute Gasteiger partial charge is 0.233 e. The maximum absolute atomic E-state index is 11.1. The molecule has 3 N–H and O–H groups in total. The van der Waals surface area contributed by atoms with Crippen LogP contribution in [-0.2, 0) is 11.3 Å². The van der Waals surface area contributed by atoms with Gasteiger partial charge >= 0.3 is 0 Å². The van der Waals surface area contributed by atoms with Gasteiger partial charge in [-0.15, -0.1) is 0 Å². The largest absolute Gasteiger partial charge is 0.508 e. The summed E-state index contributed by atoms with van der Waals surface area (Å²) in [6, 6.07) is 5.20. The number of nitrogens with one attached hydrogen (secondary N) is 2. The Morgan fingerprint density at radius 3 is 2.94 bits per heavy atom. The molecule has 0 aliphatic heterocycles. The zero-order valence-corrected chi connectivity index (χ0v) is 10.7. The minimum absolute atomic E-state index is 0.0445. The summed E-state index contributed by atoms with van der Waals surface area (Å²) in [7, 11) is 0. The van der Waals surface area contributed by atoms with Crippen molar-refractivity contribution >= 4 is 21.8 Å². The first-order chi connectivity index (χ1) is 7.63. The van der Waals surface area contributed by atoms with Gasteiger partial charge in [0.25, 0.3) is 0 Å². The highest BCUT2D eigenvalue weighted by Crippen LogP contribution is 2.21. The Labute approximate surface area is 103 Å². The molecule has 1 aromatic carbocycles. The van der Waals surface area contributed by atoms with Gasteiger partial charge in [-0.25, -0.2) is 0 Å². The zero-order valence-electron chi connectivity index (χ0n) is 9.09. The molecule has 5 heteroatoms. The molecule has 0 bridgehead atoms. The predicted molar refractivity (Wildman–Crippen MR) is 66.2 cm³/mol. The van der Waals surface area contributed by atoms with Crippen LogP contribution in [0.1, 0.15) is 12.5 Å². The molecule has 0 heterocycles. The van der Waals surface area contributed by atoms with E-state index in [0.717, 1.165) is 10.0 Å². The average Bonchev–Trinajstić information content (AvgIpc) is 2.23. The number of rotatable bonds is 5. The Balaban J connectivity index is 2.42. The quantitative estimate of drug-likeness (QED) is 0.766. The molecule has 0 spiro atoms. The summed E-state index contributed by atoms with van der Waals surface area (Å²) >= 11 is 3.32. The van der Waals surface area contributed by atoms with Gasteiger partial charge in [-0.2, -0.15) is 0 Å². The molecule has 0 saturated heterocycles. The number of benzene rings is 1. The van der Waals surface area contributed by atoms with Crippen molar-refractivity contribution in [1.29, 1.82) is 0 Å². The van der Waals surface area contributed by atoms with E-state index in [4.69, 9.17) is 0 Å². The normalized spacial score (nSPS) is 10.1. The Morgan fingerprint density at radius 1 is 1.50 bits per heavy atom. The molecule has 4 nitrogen and oxygen atoms in total. The van der Waals surface area contributed by atoms with E-state index in [1.807, 2.05) is 13.0 Å². The van der Waals surface area contributed by atoms with Crippen molar-refractivity contribution in [3.8, 4) is 5.75 Å². The van der Waals surface area contributed by atoms with Gasteiger partial charge in [-0.05, 0) is 25.1 Å². The van der Waals surface area contributed by atoms with E-state index in [1.54, 1.807) is 12.1 Å². The molecule has 16 heavy (non-hydrogen) atoms. The lowest BCUT2D eigenvalue weighted by Crippen LogP contribution is -2.33. The lowest BCUT2D eigenvalue weighted by atomic mass is 10.2. The summed E-state index contributed by atoms with van der Waals surface area (Å²) in [6.45, 7) is 3.21. The van der Waals surface area contributed by atoms with Crippen LogP contribution in [0.4, 0.5) is 0 Å². The number of phenols is 1. The van der Waals surface area contributed by atoms with Gasteiger partial charge in [0.15, 0.2) is 0 Å². The molecule has 1 aromatic rings. The molecule has 0 saturated carbocycles. The molecule has 88 valence electrons. The van der Waals surface area contributed by atoms with Crippen molar-refractivity contribution in [2.45, 2.75) is 13.5 Å². The summed E-state index contributed by atoms with van der Waals surface area (Å²) in [5, 5.41) is 15.2. The highest BCUT2D eigenvalue weighted by Gasteiger charge is 2.03. The second-order valence-corrected chi connectivity index (χ2v) is 4.25. The Bertz CT molecular complexity index is 369. The third-order valence-electron chi connectivity index (χ3n) is 2.02. The number of carbonyl (C=O) groups is 1. The van der Waals surface area contributed by atoms with Crippen LogP contribution in [0.5, 0.6) is 5.75 Å². The molecule has 0 radical (unpaired) electrons. The molecular weight excluding hydrogens is 272 g/mol. The van der Waals surface area contributed by atoms with E-state index in [9.17, 15) is 9.90 Å². The van der Waals surface area contributed by atoms with E-state index in [-0.39, 0.29) is 18.2 Å². The van der Waals surface area contributed by atoms with Crippen molar-refractivity contribution in [2.75, 3.05) is 13.1 Å². The van der Waals surface area contributed by atoms with Crippen molar-refractivity contribution in [1.82, 2.24) is 10.6 Å². The fourth-order valence-corrected chi connectivity index (χ4v) is 1.67. The van der Waals surface area contributed by atoms with E-state index < -0.39 is 0 Å². The lowest BCUT2D eigenvalue weighted by molar-refractivity contribution is -0.120. The van der Waals surface area contributed by atoms with Crippen LogP contribution in [0.2, 0.25) is 0 Å². The number of aromatic hydroxyl groups is 1. The maximum atomic E-state index is 11.1. The van der Waals surface area contributed by atoms with Crippen LogP contribution >= 0.6 is 15.9 Å². The second-order valence-electron chi connectivity index (χ2n) is 3.33. The molecule has 0 fully saturated rings. The highest BCUT2D eigenvalue weighted by molar-refractivity contribution is 9.10. The number of halogens is 1. The van der Waals surface area contributed by atoms with Crippen molar-refractivity contribution in [2.24, 2.45) is 0 Å². The van der Waals surface area contributed by atoms with Gasteiger partial charge < -0.3 is 15.7 Å². The average molecular weight is 287 g/mol. The minimum Gasteiger partial charge on any atom is -0.508 e. The fraction of sp³-hybridized carbons (Fsp3) is 0.364. The molecule has 1 amide bonds. The SMILES string of the molecule is CCNC(=O)CNCc1cc(Br)ccc1O. The first-order valence-corrected chi connectivity index (χ1v) is 5.87. The van der Waals surface area contributed by atoms with E-state index in [0.29, 0.717) is 13.1 Å². The number of carbonyl (C=O) groups excluding carboxylic acids is 1. The van der Waals surface area contributed by atoms with Gasteiger partial charge in [0.2, 0.25) is 5.91 Å². The molecule has 0 aliphatic rings. The number of hydrogen-bond donors (Lipinski definition) is 3. The standard InChI is InChI=1S/C11H15BrN2O2/c1-2-14-11(16)7-13-6-8-5-9(12)3-4-10(8)15/h3-5,13,15H,2,6-7H2,1H3,(H,14,16). The highest BCUT2D eigenvalue weighted by atomic mass is 79.9. The molecule has 0 atom stereocenters. The van der Waals surface area contributed by atoms with Crippen LogP contribution in [0.3, 0.4) is 0 Å². The maximum Gasteiger partial charge on any atom is 0.233 e. The Kier molecular flexibility index (Phi) is 5.28. The monoisotopic (exact) mass is 286 g/mol. The van der Waals surface area contributed by atoms with Crippen LogP contribution in [0, 0.1) is 0 Å². The predicted octanol–water partition coefficient (Wildman–Crippen LogP) is 1.38. The summed E-state index contributed by atoms with van der Waals surface area (Å²) in [5.74, 6) is 0.184. The van der Waals surface area contributed by atoms with Gasteiger partial charge in [0, 0.05) is 23.1 Å². The first kappa shape index (κ1) is 13.0. The number of likely N-dealkylation sites (N-methyl/N-ethyl adjacent to an activating group) is 1. The Hall–Kier alpha value is -1.07. The van der Waals surface area contributed by atoms with Crippen molar-refractivity contribution < 1.29 is 9.90 Å². The minimum atomic E-state index is -0.0445. The Morgan fingerprint density at radius 2 is 2.25 bits per heavy atom. The summed E-state index contributed by atoms with van der Waals surface area (Å²) < 4.78 is 0.903. The third kappa shape index (κ3) is 4.20. The van der Waals surface area contributed by atoms with Gasteiger partial charge in [0.1, 0.15) is 5.75 Å². The number of phenolic OH excluding ortho intramolecular Hbond substituents is 1. The summed E-state index contributed by atoms with van der Waals surface area (Å²) in [4.78, 5) is 11.1. The van der Waals surface area contributed by atoms with Crippen LogP contribution in [-0.4, -0.2) is 24.1 Å². The van der Waals surface area contributed by atoms with Crippen LogP contribution < -0.4 is 10.6 Å². The molecule has 0 unspecified atom stereocenters. The number of amides is 1. The lowest BCUT2D eigenvalue weighted by Gasteiger charge is -2.07. The third-order valence-corrected chi connectivity index (χ3v) is 2.51. The van der Waals surface area contributed by atoms with E-state index >= 15 is 0 Å². The van der Waals surface area contributed by atoms with Gasteiger partial charge in [-0.3, -0.25) is 4.79 Å². The summed E-state index contributed by atoms with van der Waals surface area (Å²) in [5.41, 5.74) is 0.763. The molecular formula is C11H15BrN2O2. The van der Waals surface area contributed by atoms with E-state index in [1.165, 1.54) is 0 Å². The topological polar surface area (TPSA) is 61.4 Å².